The van der Waals surface area contributed by atoms with E-state index in [0.29, 0.717) is 37.3 Å². The monoisotopic (exact) mass is 357 g/mol. The van der Waals surface area contributed by atoms with Gasteiger partial charge in [0.25, 0.3) is 0 Å². The molecule has 1 atom stereocenters. The van der Waals surface area contributed by atoms with Crippen molar-refractivity contribution < 1.29 is 13.2 Å². The number of rotatable bonds is 5. The second kappa shape index (κ2) is 6.81. The molecule has 0 aromatic carbocycles. The van der Waals surface area contributed by atoms with Gasteiger partial charge in [-0.3, -0.25) is 9.89 Å². The van der Waals surface area contributed by atoms with Gasteiger partial charge in [-0.25, -0.2) is 8.42 Å². The number of carbonyl (C=O) groups is 1. The summed E-state index contributed by atoms with van der Waals surface area (Å²) in [6, 6.07) is 0. The lowest BCUT2D eigenvalue weighted by atomic mass is 9.98. The maximum absolute atomic E-state index is 12.9. The zero-order valence-corrected chi connectivity index (χ0v) is 15.5. The molecule has 0 radical (unpaired) electrons. The average Bonchev–Trinajstić information content (AvgIpc) is 2.83. The fourth-order valence-corrected chi connectivity index (χ4v) is 4.74. The number of hydrogen-bond acceptors (Lipinski definition) is 5. The van der Waals surface area contributed by atoms with Crippen LogP contribution in [0.25, 0.3) is 0 Å². The van der Waals surface area contributed by atoms with Gasteiger partial charge in [-0.1, -0.05) is 0 Å². The summed E-state index contributed by atoms with van der Waals surface area (Å²) in [7, 11) is -3.65. The van der Waals surface area contributed by atoms with Crippen LogP contribution in [0.4, 0.5) is 0 Å². The van der Waals surface area contributed by atoms with Gasteiger partial charge in [0.2, 0.25) is 15.9 Å². The Kier molecular flexibility index (Phi) is 5.36. The number of nitrogens with one attached hydrogen (secondary N) is 2. The first-order chi connectivity index (χ1) is 11.0. The van der Waals surface area contributed by atoms with Crippen LogP contribution in [0.3, 0.4) is 0 Å². The van der Waals surface area contributed by atoms with Crippen LogP contribution in [0.15, 0.2) is 4.90 Å². The van der Waals surface area contributed by atoms with E-state index < -0.39 is 15.6 Å². The van der Waals surface area contributed by atoms with E-state index in [1.807, 2.05) is 13.8 Å². The van der Waals surface area contributed by atoms with Crippen LogP contribution < -0.4 is 11.1 Å². The molecule has 1 aromatic rings. The lowest BCUT2D eigenvalue weighted by Gasteiger charge is -2.32. The summed E-state index contributed by atoms with van der Waals surface area (Å²) in [6.07, 6.45) is 1.32. The Balaban J connectivity index is 2.12. The Hall–Kier alpha value is -1.45. The number of nitrogens with zero attached hydrogens (tertiary/aromatic N) is 2. The fraction of sp³-hybridized carbons (Fsp3) is 0.733. The molecule has 0 spiro atoms. The van der Waals surface area contributed by atoms with Gasteiger partial charge in [0, 0.05) is 25.2 Å². The van der Waals surface area contributed by atoms with Gasteiger partial charge in [0.1, 0.15) is 4.90 Å². The van der Waals surface area contributed by atoms with Gasteiger partial charge < -0.3 is 11.1 Å². The summed E-state index contributed by atoms with van der Waals surface area (Å²) < 4.78 is 27.2. The summed E-state index contributed by atoms with van der Waals surface area (Å²) >= 11 is 0. The third-order valence-electron chi connectivity index (χ3n) is 4.13. The van der Waals surface area contributed by atoms with Gasteiger partial charge in [-0.05, 0) is 40.5 Å². The fourth-order valence-electron chi connectivity index (χ4n) is 2.88. The molecule has 136 valence electrons. The van der Waals surface area contributed by atoms with Crippen LogP contribution >= 0.6 is 0 Å². The first-order valence-corrected chi connectivity index (χ1v) is 9.54. The molecule has 9 heteroatoms. The molecule has 4 N–H and O–H groups in total. The number of nitrogens with two attached hydrogens (primary N) is 1. The Bertz CT molecular complexity index is 686. The van der Waals surface area contributed by atoms with Crippen LogP contribution in [-0.2, 0) is 14.8 Å². The minimum absolute atomic E-state index is 0.144. The molecule has 1 unspecified atom stereocenters. The molecular weight excluding hydrogens is 330 g/mol. The van der Waals surface area contributed by atoms with E-state index in [4.69, 9.17) is 5.73 Å². The highest BCUT2D eigenvalue weighted by Gasteiger charge is 2.35. The van der Waals surface area contributed by atoms with E-state index in [0.717, 1.165) is 0 Å². The highest BCUT2D eigenvalue weighted by molar-refractivity contribution is 7.89. The second-order valence-electron chi connectivity index (χ2n) is 7.17. The number of H-pyrrole nitrogens is 1. The molecule has 1 saturated heterocycles. The normalized spacial score (nSPS) is 20.1. The van der Waals surface area contributed by atoms with E-state index in [-0.39, 0.29) is 23.3 Å². The zero-order valence-electron chi connectivity index (χ0n) is 14.7. The Morgan fingerprint density at radius 1 is 1.46 bits per heavy atom. The third-order valence-corrected chi connectivity index (χ3v) is 6.26. The first kappa shape index (κ1) is 18.9. The van der Waals surface area contributed by atoms with Crippen LogP contribution in [0.2, 0.25) is 0 Å². The molecule has 1 amide bonds. The minimum atomic E-state index is -3.65. The number of sulfonamides is 1. The molecule has 1 aliphatic rings. The Morgan fingerprint density at radius 2 is 2.12 bits per heavy atom. The van der Waals surface area contributed by atoms with Crippen LogP contribution in [0.1, 0.15) is 38.1 Å². The number of carbonyl (C=O) groups excluding carboxylic acids is 1. The van der Waals surface area contributed by atoms with Crippen LogP contribution in [0, 0.1) is 19.8 Å². The summed E-state index contributed by atoms with van der Waals surface area (Å²) in [5, 5.41) is 9.49. The van der Waals surface area contributed by atoms with Crippen molar-refractivity contribution in [2.24, 2.45) is 11.7 Å². The molecule has 2 heterocycles. The van der Waals surface area contributed by atoms with Gasteiger partial charge in [0.05, 0.1) is 17.3 Å². The molecule has 0 bridgehead atoms. The van der Waals surface area contributed by atoms with Crippen molar-refractivity contribution in [3.63, 3.8) is 0 Å². The molecule has 24 heavy (non-hydrogen) atoms. The van der Waals surface area contributed by atoms with Crippen molar-refractivity contribution in [1.82, 2.24) is 19.8 Å². The quantitative estimate of drug-likeness (QED) is 0.699. The van der Waals surface area contributed by atoms with Crippen molar-refractivity contribution in [1.29, 1.82) is 0 Å². The lowest BCUT2D eigenvalue weighted by molar-refractivity contribution is -0.126. The number of aromatic amines is 1. The van der Waals surface area contributed by atoms with Crippen LogP contribution in [-0.4, -0.2) is 54.0 Å². The molecule has 8 nitrogen and oxygen atoms in total. The summed E-state index contributed by atoms with van der Waals surface area (Å²) in [6.45, 7) is 7.96. The SMILES string of the molecule is Cc1n[nH]c(C)c1S(=O)(=O)N1CCCC(C(=O)NCC(C)(C)N)C1. The van der Waals surface area contributed by atoms with E-state index in [1.54, 1.807) is 13.8 Å². The first-order valence-electron chi connectivity index (χ1n) is 8.10. The number of aryl methyl sites for hydroxylation is 2. The van der Waals surface area contributed by atoms with Crippen molar-refractivity contribution >= 4 is 15.9 Å². The van der Waals surface area contributed by atoms with Gasteiger partial charge in [0.15, 0.2) is 0 Å². The highest BCUT2D eigenvalue weighted by Crippen LogP contribution is 2.26. The smallest absolute Gasteiger partial charge is 0.246 e. The van der Waals surface area contributed by atoms with Crippen molar-refractivity contribution in [2.75, 3.05) is 19.6 Å². The largest absolute Gasteiger partial charge is 0.354 e. The van der Waals surface area contributed by atoms with Crippen molar-refractivity contribution in [2.45, 2.75) is 51.0 Å². The van der Waals surface area contributed by atoms with E-state index >= 15 is 0 Å². The van der Waals surface area contributed by atoms with E-state index in [1.165, 1.54) is 4.31 Å². The molecule has 0 saturated carbocycles. The van der Waals surface area contributed by atoms with Gasteiger partial charge >= 0.3 is 0 Å². The predicted octanol–water partition coefficient (Wildman–Crippen LogP) is 0.281. The minimum Gasteiger partial charge on any atom is -0.354 e. The van der Waals surface area contributed by atoms with Crippen molar-refractivity contribution in [3.8, 4) is 0 Å². The van der Waals surface area contributed by atoms with Gasteiger partial charge in [-0.15, -0.1) is 0 Å². The predicted molar refractivity (Wildman–Crippen MR) is 90.8 cm³/mol. The maximum Gasteiger partial charge on any atom is 0.246 e. The van der Waals surface area contributed by atoms with Crippen LogP contribution in [0.5, 0.6) is 0 Å². The molecular formula is C15H27N5O3S. The average molecular weight is 357 g/mol. The molecule has 1 fully saturated rings. The molecule has 1 aromatic heterocycles. The maximum atomic E-state index is 12.9. The summed E-state index contributed by atoms with van der Waals surface area (Å²) in [5.74, 6) is -0.502. The summed E-state index contributed by atoms with van der Waals surface area (Å²) in [4.78, 5) is 12.5. The van der Waals surface area contributed by atoms with Gasteiger partial charge in [-0.2, -0.15) is 9.40 Å². The lowest BCUT2D eigenvalue weighted by Crippen LogP contribution is -2.50. The highest BCUT2D eigenvalue weighted by atomic mass is 32.2. The van der Waals surface area contributed by atoms with E-state index in [2.05, 4.69) is 15.5 Å². The van der Waals surface area contributed by atoms with Crippen molar-refractivity contribution in [3.05, 3.63) is 11.4 Å². The molecule has 1 aliphatic heterocycles. The molecule has 0 aliphatic carbocycles. The molecule has 2 rings (SSSR count). The third kappa shape index (κ3) is 4.14. The number of hydrogen-bond donors (Lipinski definition) is 3. The topological polar surface area (TPSA) is 121 Å². The number of amides is 1. The van der Waals surface area contributed by atoms with E-state index in [9.17, 15) is 13.2 Å². The zero-order chi connectivity index (χ0) is 18.1. The summed E-state index contributed by atoms with van der Waals surface area (Å²) in [5.41, 5.74) is 6.34. The Labute approximate surface area is 143 Å². The number of aromatic nitrogens is 2. The standard InChI is InChI=1S/C15H27N5O3S/c1-10-13(11(2)19-18-10)24(22,23)20-7-5-6-12(8-20)14(21)17-9-15(3,4)16/h12H,5-9,16H2,1-4H3,(H,17,21)(H,18,19). The number of piperidine rings is 1. The second-order valence-corrected chi connectivity index (χ2v) is 9.05. The Morgan fingerprint density at radius 3 is 2.67 bits per heavy atom.